The summed E-state index contributed by atoms with van der Waals surface area (Å²) in [6.07, 6.45) is 0.396. The van der Waals surface area contributed by atoms with E-state index in [4.69, 9.17) is 4.74 Å². The molecule has 0 saturated heterocycles. The van der Waals surface area contributed by atoms with Crippen molar-refractivity contribution < 1.29 is 18.3 Å². The Morgan fingerprint density at radius 1 is 1.08 bits per heavy atom. The molecular weight excluding hydrogens is 326 g/mol. The fourth-order valence-corrected chi connectivity index (χ4v) is 3.42. The molecule has 0 aliphatic rings. The van der Waals surface area contributed by atoms with Gasteiger partial charge in [-0.1, -0.05) is 42.5 Å². The molecule has 2 N–H and O–H groups in total. The quantitative estimate of drug-likeness (QED) is 0.765. The molecule has 130 valence electrons. The molecule has 0 heterocycles. The molecule has 0 unspecified atom stereocenters. The van der Waals surface area contributed by atoms with Crippen molar-refractivity contribution >= 4 is 10.0 Å². The molecule has 2 aromatic carbocycles. The van der Waals surface area contributed by atoms with Crippen LogP contribution in [0.3, 0.4) is 0 Å². The SMILES string of the molecule is COc1ccc(CCS(=O)(=O)NC[C@](C)(O)c2ccccc2)cc1. The minimum Gasteiger partial charge on any atom is -0.497 e. The first kappa shape index (κ1) is 18.4. The number of rotatable bonds is 8. The van der Waals surface area contributed by atoms with Crippen LogP contribution >= 0.6 is 0 Å². The van der Waals surface area contributed by atoms with E-state index in [2.05, 4.69) is 4.72 Å². The second-order valence-corrected chi connectivity index (χ2v) is 7.80. The van der Waals surface area contributed by atoms with Crippen LogP contribution in [-0.4, -0.2) is 32.9 Å². The number of sulfonamides is 1. The molecule has 0 amide bonds. The fraction of sp³-hybridized carbons (Fsp3) is 0.333. The van der Waals surface area contributed by atoms with Gasteiger partial charge in [-0.15, -0.1) is 0 Å². The number of ether oxygens (including phenoxy) is 1. The maximum atomic E-state index is 12.2. The van der Waals surface area contributed by atoms with E-state index < -0.39 is 15.6 Å². The highest BCUT2D eigenvalue weighted by Gasteiger charge is 2.25. The fourth-order valence-electron chi connectivity index (χ4n) is 2.27. The van der Waals surface area contributed by atoms with Crippen LogP contribution in [-0.2, 0) is 22.0 Å². The lowest BCUT2D eigenvalue weighted by atomic mass is 9.97. The number of benzene rings is 2. The van der Waals surface area contributed by atoms with Crippen molar-refractivity contribution in [3.05, 3.63) is 65.7 Å². The zero-order chi connectivity index (χ0) is 17.6. The molecule has 1 atom stereocenters. The molecule has 6 heteroatoms. The van der Waals surface area contributed by atoms with Crippen LogP contribution in [0.15, 0.2) is 54.6 Å². The normalized spacial score (nSPS) is 14.1. The molecular formula is C18H23NO4S. The topological polar surface area (TPSA) is 75.6 Å². The molecule has 2 rings (SSSR count). The lowest BCUT2D eigenvalue weighted by Gasteiger charge is -2.24. The predicted molar refractivity (Wildman–Crippen MR) is 94.5 cm³/mol. The average molecular weight is 349 g/mol. The first-order valence-corrected chi connectivity index (χ1v) is 9.36. The summed E-state index contributed by atoms with van der Waals surface area (Å²) in [5, 5.41) is 10.5. The average Bonchev–Trinajstić information content (AvgIpc) is 2.60. The summed E-state index contributed by atoms with van der Waals surface area (Å²) in [6, 6.07) is 16.3. The van der Waals surface area contributed by atoms with Crippen molar-refractivity contribution in [3.8, 4) is 5.75 Å². The van der Waals surface area contributed by atoms with E-state index in [0.29, 0.717) is 12.0 Å². The van der Waals surface area contributed by atoms with Gasteiger partial charge in [0.15, 0.2) is 0 Å². The summed E-state index contributed by atoms with van der Waals surface area (Å²) in [7, 11) is -1.89. The Labute approximate surface area is 143 Å². The van der Waals surface area contributed by atoms with Crippen LogP contribution in [0.4, 0.5) is 0 Å². The van der Waals surface area contributed by atoms with Gasteiger partial charge < -0.3 is 9.84 Å². The molecule has 0 aliphatic heterocycles. The Morgan fingerprint density at radius 3 is 2.29 bits per heavy atom. The highest BCUT2D eigenvalue weighted by Crippen LogP contribution is 2.19. The molecule has 0 radical (unpaired) electrons. The summed E-state index contributed by atoms with van der Waals surface area (Å²) >= 11 is 0. The number of methoxy groups -OCH3 is 1. The summed E-state index contributed by atoms with van der Waals surface area (Å²) in [6.45, 7) is 1.52. The minimum atomic E-state index is -3.48. The summed E-state index contributed by atoms with van der Waals surface area (Å²) in [5.41, 5.74) is 0.327. The van der Waals surface area contributed by atoms with Gasteiger partial charge in [-0.05, 0) is 36.6 Å². The van der Waals surface area contributed by atoms with Crippen LogP contribution in [0.25, 0.3) is 0 Å². The number of aliphatic hydroxyl groups is 1. The van der Waals surface area contributed by atoms with Crippen molar-refractivity contribution in [2.24, 2.45) is 0 Å². The van der Waals surface area contributed by atoms with E-state index in [9.17, 15) is 13.5 Å². The number of hydrogen-bond donors (Lipinski definition) is 2. The van der Waals surface area contributed by atoms with Crippen molar-refractivity contribution in [3.63, 3.8) is 0 Å². The summed E-state index contributed by atoms with van der Waals surface area (Å²) in [4.78, 5) is 0. The molecule has 0 bridgehead atoms. The number of hydrogen-bond acceptors (Lipinski definition) is 4. The molecule has 0 fully saturated rings. The van der Waals surface area contributed by atoms with Gasteiger partial charge in [-0.3, -0.25) is 0 Å². The Balaban J connectivity index is 1.91. The van der Waals surface area contributed by atoms with E-state index in [1.54, 1.807) is 38.3 Å². The van der Waals surface area contributed by atoms with Gasteiger partial charge in [0.2, 0.25) is 10.0 Å². The van der Waals surface area contributed by atoms with Gasteiger partial charge >= 0.3 is 0 Å². The van der Waals surface area contributed by atoms with Gasteiger partial charge in [-0.2, -0.15) is 0 Å². The molecule has 5 nitrogen and oxygen atoms in total. The first-order valence-electron chi connectivity index (χ1n) is 7.70. The molecule has 24 heavy (non-hydrogen) atoms. The third-order valence-corrected chi connectivity index (χ3v) is 5.18. The standard InChI is InChI=1S/C18H23NO4S/c1-18(20,16-6-4-3-5-7-16)14-19-24(21,22)13-12-15-8-10-17(23-2)11-9-15/h3-11,19-20H,12-14H2,1-2H3/t18-/m0/s1. The van der Waals surface area contributed by atoms with Gasteiger partial charge in [-0.25, -0.2) is 13.1 Å². The van der Waals surface area contributed by atoms with E-state index in [-0.39, 0.29) is 12.3 Å². The Kier molecular flexibility index (Phi) is 5.99. The maximum Gasteiger partial charge on any atom is 0.212 e. The molecule has 2 aromatic rings. The van der Waals surface area contributed by atoms with Crippen molar-refractivity contribution in [2.45, 2.75) is 18.9 Å². The van der Waals surface area contributed by atoms with Crippen molar-refractivity contribution in [2.75, 3.05) is 19.4 Å². The molecule has 0 aliphatic carbocycles. The Bertz CT molecular complexity index is 740. The second-order valence-electron chi connectivity index (χ2n) is 5.88. The number of nitrogens with one attached hydrogen (secondary N) is 1. The van der Waals surface area contributed by atoms with Crippen LogP contribution in [0.2, 0.25) is 0 Å². The number of aryl methyl sites for hydroxylation is 1. The third kappa shape index (κ3) is 5.33. The van der Waals surface area contributed by atoms with Crippen molar-refractivity contribution in [1.82, 2.24) is 4.72 Å². The van der Waals surface area contributed by atoms with Crippen LogP contribution in [0.5, 0.6) is 5.75 Å². The predicted octanol–water partition coefficient (Wildman–Crippen LogP) is 2.06. The largest absolute Gasteiger partial charge is 0.497 e. The van der Waals surface area contributed by atoms with E-state index >= 15 is 0 Å². The van der Waals surface area contributed by atoms with Gasteiger partial charge in [0, 0.05) is 6.54 Å². The van der Waals surface area contributed by atoms with Crippen LogP contribution < -0.4 is 9.46 Å². The van der Waals surface area contributed by atoms with E-state index in [1.807, 2.05) is 30.3 Å². The summed E-state index contributed by atoms with van der Waals surface area (Å²) in [5.74, 6) is 0.697. The van der Waals surface area contributed by atoms with E-state index in [1.165, 1.54) is 0 Å². The van der Waals surface area contributed by atoms with Gasteiger partial charge in [0.1, 0.15) is 11.4 Å². The van der Waals surface area contributed by atoms with E-state index in [0.717, 1.165) is 11.3 Å². The molecule has 0 saturated carbocycles. The zero-order valence-corrected chi connectivity index (χ0v) is 14.7. The second kappa shape index (κ2) is 7.79. The zero-order valence-electron chi connectivity index (χ0n) is 13.9. The third-order valence-electron chi connectivity index (χ3n) is 3.85. The minimum absolute atomic E-state index is 0.0375. The van der Waals surface area contributed by atoms with Crippen LogP contribution in [0, 0.1) is 0 Å². The highest BCUT2D eigenvalue weighted by molar-refractivity contribution is 7.89. The molecule has 0 aromatic heterocycles. The Hall–Kier alpha value is -1.89. The summed E-state index contributed by atoms with van der Waals surface area (Å²) < 4.78 is 31.9. The monoisotopic (exact) mass is 349 g/mol. The van der Waals surface area contributed by atoms with Crippen molar-refractivity contribution in [1.29, 1.82) is 0 Å². The smallest absolute Gasteiger partial charge is 0.212 e. The lowest BCUT2D eigenvalue weighted by molar-refractivity contribution is 0.0627. The van der Waals surface area contributed by atoms with Gasteiger partial charge in [0.25, 0.3) is 0 Å². The maximum absolute atomic E-state index is 12.2. The van der Waals surface area contributed by atoms with Gasteiger partial charge in [0.05, 0.1) is 12.9 Å². The lowest BCUT2D eigenvalue weighted by Crippen LogP contribution is -2.39. The van der Waals surface area contributed by atoms with Crippen LogP contribution in [0.1, 0.15) is 18.1 Å². The molecule has 0 spiro atoms. The Morgan fingerprint density at radius 2 is 1.71 bits per heavy atom. The highest BCUT2D eigenvalue weighted by atomic mass is 32.2. The first-order chi connectivity index (χ1) is 11.3.